The van der Waals surface area contributed by atoms with E-state index in [1.165, 1.54) is 0 Å². The standard InChI is InChI=1S/C33H26N4O2/c1-39-27-16-10-13-24(19-27)32-25(22-37(36-32)26-14-6-3-7-15-26)21-34-33(38)29-20-31(23-11-4-2-5-12-23)35-30-18-9-8-17-28(29)30/h2-20,22H,21H2,1H3,(H,34,38). The number of carbonyl (C=O) groups excluding carboxylic acids is 1. The molecule has 6 rings (SSSR count). The van der Waals surface area contributed by atoms with Gasteiger partial charge in [0.15, 0.2) is 0 Å². The Balaban J connectivity index is 1.36. The van der Waals surface area contributed by atoms with Crippen molar-refractivity contribution in [1.29, 1.82) is 0 Å². The molecule has 1 N–H and O–H groups in total. The van der Waals surface area contributed by atoms with Gasteiger partial charge in [-0.05, 0) is 36.4 Å². The average Bonchev–Trinajstić information content (AvgIpc) is 3.44. The topological polar surface area (TPSA) is 69.0 Å². The summed E-state index contributed by atoms with van der Waals surface area (Å²) in [5, 5.41) is 8.83. The maximum atomic E-state index is 13.7. The number of pyridine rings is 1. The van der Waals surface area contributed by atoms with Crippen molar-refractivity contribution in [1.82, 2.24) is 20.1 Å². The maximum Gasteiger partial charge on any atom is 0.252 e. The highest BCUT2D eigenvalue weighted by molar-refractivity contribution is 6.07. The third kappa shape index (κ3) is 5.00. The van der Waals surface area contributed by atoms with Crippen LogP contribution >= 0.6 is 0 Å². The van der Waals surface area contributed by atoms with Gasteiger partial charge in [-0.25, -0.2) is 9.67 Å². The highest BCUT2D eigenvalue weighted by atomic mass is 16.5. The first-order valence-electron chi connectivity index (χ1n) is 12.7. The Morgan fingerprint density at radius 2 is 1.54 bits per heavy atom. The lowest BCUT2D eigenvalue weighted by molar-refractivity contribution is 0.0952. The van der Waals surface area contributed by atoms with Gasteiger partial charge in [0.05, 0.1) is 35.3 Å². The quantitative estimate of drug-likeness (QED) is 0.260. The van der Waals surface area contributed by atoms with Crippen LogP contribution in [0, 0.1) is 0 Å². The van der Waals surface area contributed by atoms with Crippen LogP contribution in [0.3, 0.4) is 0 Å². The van der Waals surface area contributed by atoms with Crippen molar-refractivity contribution in [3.8, 4) is 34.0 Å². The molecular weight excluding hydrogens is 484 g/mol. The van der Waals surface area contributed by atoms with Crippen LogP contribution < -0.4 is 10.1 Å². The molecule has 2 aromatic heterocycles. The van der Waals surface area contributed by atoms with E-state index >= 15 is 0 Å². The summed E-state index contributed by atoms with van der Waals surface area (Å²) in [6.45, 7) is 0.301. The summed E-state index contributed by atoms with van der Waals surface area (Å²) in [5.41, 5.74) is 6.59. The number of carbonyl (C=O) groups is 1. The summed E-state index contributed by atoms with van der Waals surface area (Å²) in [5.74, 6) is 0.572. The molecule has 6 heteroatoms. The molecule has 6 nitrogen and oxygen atoms in total. The molecule has 6 aromatic rings. The smallest absolute Gasteiger partial charge is 0.252 e. The van der Waals surface area contributed by atoms with Crippen molar-refractivity contribution >= 4 is 16.8 Å². The van der Waals surface area contributed by atoms with Gasteiger partial charge in [-0.3, -0.25) is 4.79 Å². The fourth-order valence-corrected chi connectivity index (χ4v) is 4.66. The Morgan fingerprint density at radius 1 is 0.821 bits per heavy atom. The second-order valence-corrected chi connectivity index (χ2v) is 9.14. The SMILES string of the molecule is COc1cccc(-c2nn(-c3ccccc3)cc2CNC(=O)c2cc(-c3ccccc3)nc3ccccc23)c1. The van der Waals surface area contributed by atoms with E-state index in [0.717, 1.165) is 50.4 Å². The fourth-order valence-electron chi connectivity index (χ4n) is 4.66. The van der Waals surface area contributed by atoms with Crippen LogP contribution in [0.1, 0.15) is 15.9 Å². The molecule has 2 heterocycles. The number of amides is 1. The van der Waals surface area contributed by atoms with Gasteiger partial charge in [0, 0.05) is 34.8 Å². The van der Waals surface area contributed by atoms with Gasteiger partial charge in [0.2, 0.25) is 0 Å². The van der Waals surface area contributed by atoms with Gasteiger partial charge >= 0.3 is 0 Å². The Labute approximate surface area is 226 Å². The molecule has 0 atom stereocenters. The van der Waals surface area contributed by atoms with E-state index in [-0.39, 0.29) is 5.91 Å². The number of rotatable bonds is 7. The molecule has 190 valence electrons. The Kier molecular flexibility index (Phi) is 6.58. The zero-order chi connectivity index (χ0) is 26.6. The normalized spacial score (nSPS) is 10.9. The van der Waals surface area contributed by atoms with E-state index in [0.29, 0.717) is 12.1 Å². The Morgan fingerprint density at radius 3 is 2.33 bits per heavy atom. The van der Waals surface area contributed by atoms with Gasteiger partial charge < -0.3 is 10.1 Å². The van der Waals surface area contributed by atoms with E-state index in [9.17, 15) is 4.79 Å². The molecule has 0 saturated carbocycles. The summed E-state index contributed by atoms with van der Waals surface area (Å²) >= 11 is 0. The lowest BCUT2D eigenvalue weighted by Gasteiger charge is -2.11. The summed E-state index contributed by atoms with van der Waals surface area (Å²) in [6.07, 6.45) is 1.96. The van der Waals surface area contributed by atoms with E-state index in [4.69, 9.17) is 14.8 Å². The van der Waals surface area contributed by atoms with Crippen LogP contribution in [0.2, 0.25) is 0 Å². The van der Waals surface area contributed by atoms with Crippen LogP contribution in [-0.4, -0.2) is 27.8 Å². The van der Waals surface area contributed by atoms with E-state index in [1.807, 2.05) is 126 Å². The first kappa shape index (κ1) is 24.1. The molecule has 0 radical (unpaired) electrons. The molecule has 0 aliphatic heterocycles. The number of ether oxygens (including phenoxy) is 1. The van der Waals surface area contributed by atoms with Crippen LogP contribution in [-0.2, 0) is 6.54 Å². The van der Waals surface area contributed by atoms with Gasteiger partial charge in [-0.1, -0.05) is 78.9 Å². The molecular formula is C33H26N4O2. The Bertz CT molecular complexity index is 1760. The Hall–Kier alpha value is -5.23. The third-order valence-corrected chi connectivity index (χ3v) is 6.62. The molecule has 4 aromatic carbocycles. The number of nitrogens with one attached hydrogen (secondary N) is 1. The number of benzene rings is 4. The highest BCUT2D eigenvalue weighted by Crippen LogP contribution is 2.28. The molecule has 39 heavy (non-hydrogen) atoms. The number of hydrogen-bond acceptors (Lipinski definition) is 4. The minimum absolute atomic E-state index is 0.171. The first-order chi connectivity index (χ1) is 19.2. The predicted molar refractivity (Wildman–Crippen MR) is 154 cm³/mol. The number of fused-ring (bicyclic) bond motifs is 1. The predicted octanol–water partition coefficient (Wildman–Crippen LogP) is 6.69. The average molecular weight is 511 g/mol. The van der Waals surface area contributed by atoms with Crippen molar-refractivity contribution in [3.63, 3.8) is 0 Å². The van der Waals surface area contributed by atoms with Crippen molar-refractivity contribution in [2.24, 2.45) is 0 Å². The van der Waals surface area contributed by atoms with Gasteiger partial charge in [-0.15, -0.1) is 0 Å². The van der Waals surface area contributed by atoms with E-state index < -0.39 is 0 Å². The number of para-hydroxylation sites is 2. The minimum atomic E-state index is -0.171. The molecule has 0 saturated heterocycles. The monoisotopic (exact) mass is 510 g/mol. The van der Waals surface area contributed by atoms with Crippen molar-refractivity contribution in [2.75, 3.05) is 7.11 Å². The van der Waals surface area contributed by atoms with Crippen molar-refractivity contribution in [3.05, 3.63) is 133 Å². The maximum absolute atomic E-state index is 13.7. The van der Waals surface area contributed by atoms with Gasteiger partial charge in [0.25, 0.3) is 5.91 Å². The van der Waals surface area contributed by atoms with Gasteiger partial charge in [0.1, 0.15) is 5.75 Å². The molecule has 0 aliphatic rings. The molecule has 0 aliphatic carbocycles. The van der Waals surface area contributed by atoms with Crippen LogP contribution in [0.15, 0.2) is 121 Å². The fraction of sp³-hybridized carbons (Fsp3) is 0.0606. The third-order valence-electron chi connectivity index (χ3n) is 6.62. The molecule has 0 unspecified atom stereocenters. The molecule has 0 fully saturated rings. The number of hydrogen-bond donors (Lipinski definition) is 1. The second kappa shape index (κ2) is 10.6. The molecule has 0 spiro atoms. The van der Waals surface area contributed by atoms with E-state index in [2.05, 4.69) is 5.32 Å². The highest BCUT2D eigenvalue weighted by Gasteiger charge is 2.17. The van der Waals surface area contributed by atoms with E-state index in [1.54, 1.807) is 7.11 Å². The van der Waals surface area contributed by atoms with Crippen molar-refractivity contribution in [2.45, 2.75) is 6.54 Å². The first-order valence-corrected chi connectivity index (χ1v) is 12.7. The van der Waals surface area contributed by atoms with Crippen LogP contribution in [0.25, 0.3) is 39.1 Å². The summed E-state index contributed by atoms with van der Waals surface area (Å²) < 4.78 is 7.28. The number of methoxy groups -OCH3 is 1. The minimum Gasteiger partial charge on any atom is -0.497 e. The van der Waals surface area contributed by atoms with Crippen LogP contribution in [0.5, 0.6) is 5.75 Å². The lowest BCUT2D eigenvalue weighted by atomic mass is 10.0. The van der Waals surface area contributed by atoms with Crippen molar-refractivity contribution < 1.29 is 9.53 Å². The molecule has 0 bridgehead atoms. The zero-order valence-electron chi connectivity index (χ0n) is 21.4. The number of nitrogens with zero attached hydrogens (tertiary/aromatic N) is 3. The zero-order valence-corrected chi connectivity index (χ0v) is 21.4. The van der Waals surface area contributed by atoms with Crippen LogP contribution in [0.4, 0.5) is 0 Å². The van der Waals surface area contributed by atoms with Gasteiger partial charge in [-0.2, -0.15) is 5.10 Å². The molecule has 1 amide bonds. The number of aromatic nitrogens is 3. The summed E-state index contributed by atoms with van der Waals surface area (Å²) in [7, 11) is 1.64. The largest absolute Gasteiger partial charge is 0.497 e. The summed E-state index contributed by atoms with van der Waals surface area (Å²) in [6, 6.07) is 37.2. The second-order valence-electron chi connectivity index (χ2n) is 9.14. The summed E-state index contributed by atoms with van der Waals surface area (Å²) in [4.78, 5) is 18.5. The lowest BCUT2D eigenvalue weighted by Crippen LogP contribution is -2.23.